The summed E-state index contributed by atoms with van der Waals surface area (Å²) in [5.74, 6) is -0.512. The highest BCUT2D eigenvalue weighted by atomic mass is 16.3. The molecule has 5 nitrogen and oxygen atoms in total. The molecule has 336 valence electrons. The molecule has 0 aliphatic heterocycles. The summed E-state index contributed by atoms with van der Waals surface area (Å²) in [7, 11) is 0. The first-order valence-corrected chi connectivity index (χ1v) is 25.3. The van der Waals surface area contributed by atoms with Gasteiger partial charge < -0.3 is 20.6 Å². The number of rotatable bonds is 46. The number of unbranched alkanes of at least 4 members (excludes halogenated alkanes) is 34. The minimum absolute atomic E-state index is 0.375. The summed E-state index contributed by atoms with van der Waals surface area (Å²) < 4.78 is 0. The highest BCUT2D eigenvalue weighted by molar-refractivity contribution is 5.80. The van der Waals surface area contributed by atoms with E-state index in [1.165, 1.54) is 205 Å². The Kier molecular flexibility index (Phi) is 46.1. The molecule has 0 spiro atoms. The molecule has 0 aromatic carbocycles. The number of carbonyl (C=O) groups excluding carboxylic acids is 1. The van der Waals surface area contributed by atoms with Crippen LogP contribution in [0.1, 0.15) is 264 Å². The van der Waals surface area contributed by atoms with E-state index in [2.05, 4.69) is 43.5 Å². The zero-order valence-electron chi connectivity index (χ0n) is 38.2. The molecule has 0 saturated heterocycles. The minimum Gasteiger partial charge on any atom is -0.394 e. The molecule has 5 heteroatoms. The van der Waals surface area contributed by atoms with Gasteiger partial charge in [0.2, 0.25) is 5.91 Å². The van der Waals surface area contributed by atoms with Crippen LogP contribution < -0.4 is 5.32 Å². The molecule has 0 rings (SSSR count). The fourth-order valence-electron chi connectivity index (χ4n) is 7.73. The van der Waals surface area contributed by atoms with E-state index in [9.17, 15) is 20.1 Å². The molecular weight excluding hydrogens is 703 g/mol. The van der Waals surface area contributed by atoms with Crippen LogP contribution in [0.3, 0.4) is 0 Å². The molecular formula is C52H99NO4. The highest BCUT2D eigenvalue weighted by Crippen LogP contribution is 2.16. The average Bonchev–Trinajstić information content (AvgIpc) is 3.22. The van der Waals surface area contributed by atoms with E-state index in [-0.39, 0.29) is 6.61 Å². The first kappa shape index (κ1) is 55.6. The smallest absolute Gasteiger partial charge is 0.249 e. The van der Waals surface area contributed by atoms with Crippen molar-refractivity contribution in [2.75, 3.05) is 6.61 Å². The van der Waals surface area contributed by atoms with Gasteiger partial charge in [-0.25, -0.2) is 0 Å². The number of nitrogens with one attached hydrogen (secondary N) is 1. The Morgan fingerprint density at radius 3 is 1.07 bits per heavy atom. The van der Waals surface area contributed by atoms with Crippen molar-refractivity contribution in [3.63, 3.8) is 0 Å². The minimum atomic E-state index is -1.10. The van der Waals surface area contributed by atoms with E-state index in [0.717, 1.165) is 38.5 Å². The van der Waals surface area contributed by atoms with Crippen molar-refractivity contribution >= 4 is 5.91 Å². The molecule has 3 atom stereocenters. The van der Waals surface area contributed by atoms with Gasteiger partial charge in [0.25, 0.3) is 0 Å². The number of amides is 1. The van der Waals surface area contributed by atoms with E-state index < -0.39 is 24.2 Å². The van der Waals surface area contributed by atoms with Gasteiger partial charge in [0.1, 0.15) is 6.10 Å². The van der Waals surface area contributed by atoms with Crippen LogP contribution >= 0.6 is 0 Å². The third-order valence-electron chi connectivity index (χ3n) is 11.7. The van der Waals surface area contributed by atoms with Crippen molar-refractivity contribution < 1.29 is 20.1 Å². The van der Waals surface area contributed by atoms with Crippen molar-refractivity contribution in [1.29, 1.82) is 0 Å². The molecule has 0 bridgehead atoms. The first-order chi connectivity index (χ1) is 28.1. The Morgan fingerprint density at radius 1 is 0.421 bits per heavy atom. The van der Waals surface area contributed by atoms with Crippen LogP contribution in [-0.2, 0) is 4.79 Å². The molecule has 0 radical (unpaired) electrons. The zero-order valence-corrected chi connectivity index (χ0v) is 38.2. The number of carbonyl (C=O) groups is 1. The zero-order chi connectivity index (χ0) is 41.5. The van der Waals surface area contributed by atoms with Crippen molar-refractivity contribution in [3.8, 4) is 0 Å². The lowest BCUT2D eigenvalue weighted by Gasteiger charge is -2.21. The maximum atomic E-state index is 12.5. The summed E-state index contributed by atoms with van der Waals surface area (Å²) >= 11 is 0. The lowest BCUT2D eigenvalue weighted by atomic mass is 10.0. The standard InChI is InChI=1S/C52H99NO4/c1-3-5-7-9-11-13-15-17-18-19-20-21-22-23-24-25-26-27-28-29-30-31-32-33-35-37-39-41-43-45-47-51(56)52(57)53-49(48-54)50(55)46-44-42-40-38-36-34-16-14-12-10-8-6-4-2/h23-24,36,38,44,46,49-51,54-56H,3-22,25-35,37,39-43,45,47-48H2,1-2H3,(H,53,57)/b24-23-,38-36+,46-44+. The van der Waals surface area contributed by atoms with Crippen LogP contribution in [-0.4, -0.2) is 46.1 Å². The number of aliphatic hydroxyl groups excluding tert-OH is 3. The Bertz CT molecular complexity index is 885. The van der Waals surface area contributed by atoms with Gasteiger partial charge in [-0.1, -0.05) is 243 Å². The summed E-state index contributed by atoms with van der Waals surface area (Å²) in [6.07, 6.45) is 60.7. The quantitative estimate of drug-likeness (QED) is 0.0365. The number of aliphatic hydroxyl groups is 3. The number of allylic oxidation sites excluding steroid dienone is 5. The number of hydrogen-bond acceptors (Lipinski definition) is 4. The Hall–Kier alpha value is -1.43. The van der Waals surface area contributed by atoms with Crippen molar-refractivity contribution in [1.82, 2.24) is 5.32 Å². The van der Waals surface area contributed by atoms with Gasteiger partial charge in [-0.15, -0.1) is 0 Å². The van der Waals surface area contributed by atoms with E-state index in [1.54, 1.807) is 6.08 Å². The number of hydrogen-bond donors (Lipinski definition) is 4. The second-order valence-electron chi connectivity index (χ2n) is 17.4. The summed E-state index contributed by atoms with van der Waals surface area (Å²) in [5, 5.41) is 33.1. The van der Waals surface area contributed by atoms with Crippen molar-refractivity contribution in [2.24, 2.45) is 0 Å². The molecule has 0 saturated carbocycles. The van der Waals surface area contributed by atoms with Crippen LogP contribution in [0.2, 0.25) is 0 Å². The second-order valence-corrected chi connectivity index (χ2v) is 17.4. The van der Waals surface area contributed by atoms with Gasteiger partial charge in [-0.2, -0.15) is 0 Å². The third kappa shape index (κ3) is 42.5. The predicted molar refractivity (Wildman–Crippen MR) is 250 cm³/mol. The van der Waals surface area contributed by atoms with Gasteiger partial charge in [0.15, 0.2) is 0 Å². The molecule has 0 heterocycles. The van der Waals surface area contributed by atoms with Gasteiger partial charge in [-0.05, 0) is 57.8 Å². The van der Waals surface area contributed by atoms with Gasteiger partial charge in [0, 0.05) is 0 Å². The lowest BCUT2D eigenvalue weighted by molar-refractivity contribution is -0.131. The topological polar surface area (TPSA) is 89.8 Å². The van der Waals surface area contributed by atoms with Gasteiger partial charge >= 0.3 is 0 Å². The average molecular weight is 802 g/mol. The summed E-state index contributed by atoms with van der Waals surface area (Å²) in [5.41, 5.74) is 0. The van der Waals surface area contributed by atoms with Crippen LogP contribution in [0, 0.1) is 0 Å². The predicted octanol–water partition coefficient (Wildman–Crippen LogP) is 15.1. The second kappa shape index (κ2) is 47.3. The van der Waals surface area contributed by atoms with Crippen LogP contribution in [0.4, 0.5) is 0 Å². The Labute approximate surface area is 355 Å². The van der Waals surface area contributed by atoms with E-state index in [1.807, 2.05) is 6.08 Å². The SMILES string of the molecule is CCCCCCCCC/C=C/CC/C=C/C(O)C(CO)NC(=O)C(O)CCCCCCCCCCCCCCCC/C=C\CCCCCCCCCCCCCC. The lowest BCUT2D eigenvalue weighted by Crippen LogP contribution is -2.48. The Morgan fingerprint density at radius 2 is 0.719 bits per heavy atom. The molecule has 0 aromatic rings. The summed E-state index contributed by atoms with van der Waals surface area (Å²) in [6, 6.07) is -0.813. The summed E-state index contributed by atoms with van der Waals surface area (Å²) in [4.78, 5) is 12.5. The largest absolute Gasteiger partial charge is 0.394 e. The molecule has 0 aliphatic carbocycles. The van der Waals surface area contributed by atoms with Crippen molar-refractivity contribution in [3.05, 3.63) is 36.5 Å². The van der Waals surface area contributed by atoms with Crippen LogP contribution in [0.5, 0.6) is 0 Å². The highest BCUT2D eigenvalue weighted by Gasteiger charge is 2.22. The van der Waals surface area contributed by atoms with Gasteiger partial charge in [-0.3, -0.25) is 4.79 Å². The van der Waals surface area contributed by atoms with E-state index in [4.69, 9.17) is 0 Å². The summed E-state index contributed by atoms with van der Waals surface area (Å²) in [6.45, 7) is 4.17. The molecule has 0 aromatic heterocycles. The van der Waals surface area contributed by atoms with Crippen LogP contribution in [0.25, 0.3) is 0 Å². The molecule has 3 unspecified atom stereocenters. The maximum Gasteiger partial charge on any atom is 0.249 e. The monoisotopic (exact) mass is 802 g/mol. The fraction of sp³-hybridized carbons (Fsp3) is 0.865. The molecule has 0 aliphatic rings. The fourth-order valence-corrected chi connectivity index (χ4v) is 7.73. The van der Waals surface area contributed by atoms with E-state index in [0.29, 0.717) is 6.42 Å². The van der Waals surface area contributed by atoms with Crippen LogP contribution in [0.15, 0.2) is 36.5 Å². The molecule has 1 amide bonds. The van der Waals surface area contributed by atoms with Gasteiger partial charge in [0.05, 0.1) is 18.8 Å². The van der Waals surface area contributed by atoms with E-state index >= 15 is 0 Å². The Balaban J connectivity index is 3.55. The normalized spacial score (nSPS) is 13.7. The third-order valence-corrected chi connectivity index (χ3v) is 11.7. The molecule has 57 heavy (non-hydrogen) atoms. The molecule has 4 N–H and O–H groups in total. The molecule has 0 fully saturated rings. The maximum absolute atomic E-state index is 12.5. The first-order valence-electron chi connectivity index (χ1n) is 25.3. The van der Waals surface area contributed by atoms with Crippen molar-refractivity contribution in [2.45, 2.75) is 283 Å².